The fraction of sp³-hybridized carbons (Fsp3) is 0.600. The van der Waals surface area contributed by atoms with Crippen LogP contribution >= 0.6 is 0 Å². The van der Waals surface area contributed by atoms with Crippen molar-refractivity contribution in [3.8, 4) is 0 Å². The van der Waals surface area contributed by atoms with Crippen molar-refractivity contribution >= 4 is 11.6 Å². The number of nitrogens with one attached hydrogen (secondary N) is 2. The van der Waals surface area contributed by atoms with E-state index in [1.54, 1.807) is 18.5 Å². The summed E-state index contributed by atoms with van der Waals surface area (Å²) in [5, 5.41) is 6.36. The van der Waals surface area contributed by atoms with E-state index in [0.717, 1.165) is 31.5 Å². The Morgan fingerprint density at radius 2 is 1.84 bits per heavy atom. The molecule has 106 valence electrons. The Hall–Kier alpha value is -1.58. The zero-order chi connectivity index (χ0) is 14.3. The molecule has 0 atom stereocenters. The van der Waals surface area contributed by atoms with Gasteiger partial charge in [-0.3, -0.25) is 9.78 Å². The predicted octanol–water partition coefficient (Wildman–Crippen LogP) is 3.21. The van der Waals surface area contributed by atoms with Crippen LogP contribution in [0.15, 0.2) is 18.5 Å². The molecule has 0 aliphatic carbocycles. The van der Waals surface area contributed by atoms with Crippen molar-refractivity contribution in [2.75, 3.05) is 11.9 Å². The summed E-state index contributed by atoms with van der Waals surface area (Å²) >= 11 is 0. The lowest BCUT2D eigenvalue weighted by atomic mass is 9.89. The number of pyridine rings is 1. The van der Waals surface area contributed by atoms with Gasteiger partial charge in [-0.05, 0) is 32.3 Å². The third-order valence-corrected chi connectivity index (χ3v) is 3.84. The highest BCUT2D eigenvalue weighted by Gasteiger charge is 2.27. The highest BCUT2D eigenvalue weighted by molar-refractivity contribution is 5.99. The highest BCUT2D eigenvalue weighted by Crippen LogP contribution is 2.21. The maximum Gasteiger partial charge on any atom is 0.253 e. The van der Waals surface area contributed by atoms with Crippen molar-refractivity contribution in [2.24, 2.45) is 0 Å². The van der Waals surface area contributed by atoms with Gasteiger partial charge in [-0.15, -0.1) is 0 Å². The Kier molecular flexibility index (Phi) is 5.80. The van der Waals surface area contributed by atoms with Crippen molar-refractivity contribution in [3.05, 3.63) is 24.0 Å². The van der Waals surface area contributed by atoms with Crippen molar-refractivity contribution in [1.29, 1.82) is 0 Å². The first-order chi connectivity index (χ1) is 9.12. The van der Waals surface area contributed by atoms with Gasteiger partial charge in [0, 0.05) is 18.3 Å². The molecule has 1 aromatic rings. The largest absolute Gasteiger partial charge is 0.383 e. The van der Waals surface area contributed by atoms with Gasteiger partial charge < -0.3 is 10.6 Å². The first-order valence-corrected chi connectivity index (χ1v) is 7.12. The second-order valence-electron chi connectivity index (χ2n) is 4.75. The molecule has 0 fully saturated rings. The lowest BCUT2D eigenvalue weighted by Crippen LogP contribution is -2.47. The summed E-state index contributed by atoms with van der Waals surface area (Å²) in [6, 6.07) is 1.76. The molecule has 0 aromatic carbocycles. The molecule has 0 saturated carbocycles. The minimum Gasteiger partial charge on any atom is -0.383 e. The average molecular weight is 263 g/mol. The molecular weight excluding hydrogens is 238 g/mol. The summed E-state index contributed by atoms with van der Waals surface area (Å²) in [5.74, 6) is -0.0242. The monoisotopic (exact) mass is 263 g/mol. The zero-order valence-corrected chi connectivity index (χ0v) is 12.4. The van der Waals surface area contributed by atoms with Crippen LogP contribution in [-0.2, 0) is 0 Å². The fourth-order valence-electron chi connectivity index (χ4n) is 2.25. The van der Waals surface area contributed by atoms with Crippen LogP contribution in [0.1, 0.15) is 57.3 Å². The maximum absolute atomic E-state index is 12.5. The first-order valence-electron chi connectivity index (χ1n) is 7.12. The third-order valence-electron chi connectivity index (χ3n) is 3.84. The maximum atomic E-state index is 12.5. The van der Waals surface area contributed by atoms with E-state index in [4.69, 9.17) is 0 Å². The number of aromatic nitrogens is 1. The summed E-state index contributed by atoms with van der Waals surface area (Å²) in [4.78, 5) is 16.5. The number of carbonyl (C=O) groups excluding carboxylic acids is 1. The van der Waals surface area contributed by atoms with Gasteiger partial charge in [0.25, 0.3) is 5.91 Å². The number of carbonyl (C=O) groups is 1. The molecule has 0 radical (unpaired) electrons. The number of hydrogen-bond acceptors (Lipinski definition) is 3. The molecule has 19 heavy (non-hydrogen) atoms. The zero-order valence-electron chi connectivity index (χ0n) is 12.4. The fourth-order valence-corrected chi connectivity index (χ4v) is 2.25. The minimum atomic E-state index is -0.107. The van der Waals surface area contributed by atoms with E-state index in [1.165, 1.54) is 0 Å². The van der Waals surface area contributed by atoms with E-state index in [9.17, 15) is 4.79 Å². The molecule has 1 rings (SSSR count). The van der Waals surface area contributed by atoms with E-state index in [-0.39, 0.29) is 11.4 Å². The van der Waals surface area contributed by atoms with Gasteiger partial charge in [0.2, 0.25) is 0 Å². The summed E-state index contributed by atoms with van der Waals surface area (Å²) in [7, 11) is 0. The van der Waals surface area contributed by atoms with Gasteiger partial charge in [0.15, 0.2) is 0 Å². The molecule has 0 saturated heterocycles. The van der Waals surface area contributed by atoms with Crippen molar-refractivity contribution < 1.29 is 4.79 Å². The van der Waals surface area contributed by atoms with Crippen molar-refractivity contribution in [2.45, 2.75) is 52.5 Å². The van der Waals surface area contributed by atoms with Crippen molar-refractivity contribution in [1.82, 2.24) is 10.3 Å². The molecule has 1 heterocycles. The van der Waals surface area contributed by atoms with E-state index >= 15 is 0 Å². The Balaban J connectivity index is 2.94. The molecule has 0 aliphatic rings. The highest BCUT2D eigenvalue weighted by atomic mass is 16.1. The number of hydrogen-bond donors (Lipinski definition) is 2. The Labute approximate surface area is 116 Å². The van der Waals surface area contributed by atoms with E-state index in [0.29, 0.717) is 5.56 Å². The second-order valence-corrected chi connectivity index (χ2v) is 4.75. The molecule has 0 bridgehead atoms. The topological polar surface area (TPSA) is 54.0 Å². The lowest BCUT2D eigenvalue weighted by molar-refractivity contribution is 0.0889. The molecule has 0 unspecified atom stereocenters. The number of nitrogens with zero attached hydrogens (tertiary/aromatic N) is 1. The molecule has 1 aromatic heterocycles. The smallest absolute Gasteiger partial charge is 0.253 e. The quantitative estimate of drug-likeness (QED) is 0.794. The standard InChI is InChI=1S/C15H25N3O/c1-5-15(6-2,7-3)18-14(19)12-9-10-16-11-13(12)17-8-4/h9-11,17H,5-8H2,1-4H3,(H,18,19). The Morgan fingerprint density at radius 1 is 1.21 bits per heavy atom. The molecule has 0 spiro atoms. The lowest BCUT2D eigenvalue weighted by Gasteiger charge is -2.32. The van der Waals surface area contributed by atoms with Crippen LogP contribution in [-0.4, -0.2) is 23.0 Å². The Bertz CT molecular complexity index is 405. The predicted molar refractivity (Wildman–Crippen MR) is 79.5 cm³/mol. The van der Waals surface area contributed by atoms with Crippen LogP contribution in [0.25, 0.3) is 0 Å². The van der Waals surface area contributed by atoms with Gasteiger partial charge in [-0.2, -0.15) is 0 Å². The van der Waals surface area contributed by atoms with Gasteiger partial charge in [0.05, 0.1) is 17.4 Å². The molecule has 4 nitrogen and oxygen atoms in total. The van der Waals surface area contributed by atoms with Gasteiger partial charge in [-0.25, -0.2) is 0 Å². The summed E-state index contributed by atoms with van der Waals surface area (Å²) < 4.78 is 0. The van der Waals surface area contributed by atoms with E-state index in [2.05, 4.69) is 36.4 Å². The molecule has 2 N–H and O–H groups in total. The normalized spacial score (nSPS) is 11.2. The van der Waals surface area contributed by atoms with Crippen LogP contribution < -0.4 is 10.6 Å². The van der Waals surface area contributed by atoms with Gasteiger partial charge in [0.1, 0.15) is 0 Å². The number of rotatable bonds is 7. The molecular formula is C15H25N3O. The van der Waals surface area contributed by atoms with Crippen LogP contribution in [0.3, 0.4) is 0 Å². The first kappa shape index (κ1) is 15.5. The van der Waals surface area contributed by atoms with E-state index in [1.807, 2.05) is 6.92 Å². The van der Waals surface area contributed by atoms with Gasteiger partial charge in [-0.1, -0.05) is 20.8 Å². The second kappa shape index (κ2) is 7.12. The summed E-state index contributed by atoms with van der Waals surface area (Å²) in [6.45, 7) is 9.12. The van der Waals surface area contributed by atoms with E-state index < -0.39 is 0 Å². The Morgan fingerprint density at radius 3 is 2.37 bits per heavy atom. The molecule has 0 aliphatic heterocycles. The minimum absolute atomic E-state index is 0.0242. The number of amides is 1. The third kappa shape index (κ3) is 3.69. The van der Waals surface area contributed by atoms with Gasteiger partial charge >= 0.3 is 0 Å². The summed E-state index contributed by atoms with van der Waals surface area (Å²) in [6.07, 6.45) is 6.17. The van der Waals surface area contributed by atoms with Crippen LogP contribution in [0.2, 0.25) is 0 Å². The molecule has 1 amide bonds. The van der Waals surface area contributed by atoms with Crippen LogP contribution in [0, 0.1) is 0 Å². The number of anilines is 1. The average Bonchev–Trinajstić information content (AvgIpc) is 2.46. The molecule has 4 heteroatoms. The summed E-state index contributed by atoms with van der Waals surface area (Å²) in [5.41, 5.74) is 1.35. The van der Waals surface area contributed by atoms with Crippen LogP contribution in [0.5, 0.6) is 0 Å². The SMILES string of the molecule is CCNc1cnccc1C(=O)NC(CC)(CC)CC. The van der Waals surface area contributed by atoms with Crippen LogP contribution in [0.4, 0.5) is 5.69 Å². The van der Waals surface area contributed by atoms with Crippen molar-refractivity contribution in [3.63, 3.8) is 0 Å².